The number of rotatable bonds is 2. The summed E-state index contributed by atoms with van der Waals surface area (Å²) >= 11 is 0. The normalized spacial score (nSPS) is 13.1. The Labute approximate surface area is 98.4 Å². The Balaban J connectivity index is 3.50. The minimum Gasteiger partial charge on any atom is -0.214 e. The lowest BCUT2D eigenvalue weighted by atomic mass is 9.98. The first kappa shape index (κ1) is 14.0. The van der Waals surface area contributed by atoms with E-state index in [0.717, 1.165) is 6.07 Å². The third-order valence-corrected chi connectivity index (χ3v) is 4.17. The highest BCUT2D eigenvalue weighted by Gasteiger charge is 2.47. The summed E-state index contributed by atoms with van der Waals surface area (Å²) < 4.78 is 60.0. The van der Waals surface area contributed by atoms with E-state index in [0.29, 0.717) is 5.56 Å². The van der Waals surface area contributed by atoms with E-state index in [9.17, 15) is 21.6 Å². The molecule has 0 aliphatic carbocycles. The molecule has 0 aliphatic rings. The van der Waals surface area contributed by atoms with Gasteiger partial charge < -0.3 is 0 Å². The van der Waals surface area contributed by atoms with Gasteiger partial charge in [0.05, 0.1) is 4.90 Å². The smallest absolute Gasteiger partial charge is 0.214 e. The van der Waals surface area contributed by atoms with Crippen molar-refractivity contribution >= 4 is 9.84 Å². The Hall–Kier alpha value is -1.04. The second-order valence-corrected chi connectivity index (χ2v) is 5.98. The van der Waals surface area contributed by atoms with Crippen LogP contribution >= 0.6 is 0 Å². The average molecular weight is 266 g/mol. The van der Waals surface area contributed by atoms with E-state index in [1.54, 1.807) is 19.9 Å². The molecule has 0 aliphatic heterocycles. The maximum absolute atomic E-state index is 12.4. The monoisotopic (exact) mass is 266 g/mol. The molecule has 0 atom stereocenters. The molecule has 0 saturated heterocycles. The molecule has 2 nitrogen and oxygen atoms in total. The van der Waals surface area contributed by atoms with Crippen molar-refractivity contribution in [3.8, 4) is 0 Å². The predicted molar refractivity (Wildman–Crippen MR) is 58.5 cm³/mol. The van der Waals surface area contributed by atoms with Crippen LogP contribution in [-0.2, 0) is 9.84 Å². The highest BCUT2D eigenvalue weighted by atomic mass is 32.2. The summed E-state index contributed by atoms with van der Waals surface area (Å²) in [6.45, 7) is 4.99. The van der Waals surface area contributed by atoms with Crippen LogP contribution in [0.2, 0.25) is 0 Å². The van der Waals surface area contributed by atoms with Crippen LogP contribution in [0.5, 0.6) is 0 Å². The number of hydrogen-bond acceptors (Lipinski definition) is 2. The second-order valence-electron chi connectivity index (χ2n) is 4.07. The first-order valence-electron chi connectivity index (χ1n) is 5.00. The first-order valence-corrected chi connectivity index (χ1v) is 6.48. The molecule has 0 heterocycles. The quantitative estimate of drug-likeness (QED) is 0.822. The molecule has 6 heteroatoms. The Bertz CT molecular complexity index is 516. The van der Waals surface area contributed by atoms with E-state index >= 15 is 0 Å². The molecule has 0 fully saturated rings. The van der Waals surface area contributed by atoms with Gasteiger partial charge in [0, 0.05) is 0 Å². The van der Waals surface area contributed by atoms with Gasteiger partial charge in [-0.2, -0.15) is 13.2 Å². The number of halogens is 3. The Morgan fingerprint density at radius 1 is 1.18 bits per heavy atom. The summed E-state index contributed by atoms with van der Waals surface area (Å²) in [5.74, 6) is -0.0293. The summed E-state index contributed by atoms with van der Waals surface area (Å²) in [6.07, 6.45) is 0. The minimum absolute atomic E-state index is 0.0293. The van der Waals surface area contributed by atoms with Crippen LogP contribution in [0.1, 0.15) is 30.9 Å². The van der Waals surface area contributed by atoms with Gasteiger partial charge in [0.1, 0.15) is 0 Å². The molecule has 17 heavy (non-hydrogen) atoms. The van der Waals surface area contributed by atoms with E-state index in [-0.39, 0.29) is 11.5 Å². The third-order valence-electron chi connectivity index (χ3n) is 2.54. The summed E-state index contributed by atoms with van der Waals surface area (Å²) in [6, 6.07) is 3.96. The fraction of sp³-hybridized carbons (Fsp3) is 0.455. The zero-order chi connectivity index (χ0) is 13.4. The highest BCUT2D eigenvalue weighted by molar-refractivity contribution is 7.92. The lowest BCUT2D eigenvalue weighted by molar-refractivity contribution is -0.0436. The van der Waals surface area contributed by atoms with Crippen molar-refractivity contribution in [1.29, 1.82) is 0 Å². The lowest BCUT2D eigenvalue weighted by Crippen LogP contribution is -2.24. The standard InChI is InChI=1S/C11H13F3O2S/c1-7(2)9-5-4-6-10(8(9)3)17(15,16)11(12,13)14/h4-7H,1-3H3. The average Bonchev–Trinajstić information content (AvgIpc) is 2.15. The minimum atomic E-state index is -5.26. The Morgan fingerprint density at radius 2 is 1.71 bits per heavy atom. The van der Waals surface area contributed by atoms with Crippen LogP contribution < -0.4 is 0 Å². The van der Waals surface area contributed by atoms with Crippen LogP contribution in [-0.4, -0.2) is 13.9 Å². The van der Waals surface area contributed by atoms with Crippen molar-refractivity contribution in [2.24, 2.45) is 0 Å². The molecule has 0 amide bonds. The van der Waals surface area contributed by atoms with Crippen molar-refractivity contribution in [3.05, 3.63) is 29.3 Å². The van der Waals surface area contributed by atoms with E-state index < -0.39 is 20.2 Å². The van der Waals surface area contributed by atoms with Gasteiger partial charge in [-0.3, -0.25) is 0 Å². The fourth-order valence-corrected chi connectivity index (χ4v) is 2.70. The van der Waals surface area contributed by atoms with Crippen LogP contribution in [0.25, 0.3) is 0 Å². The van der Waals surface area contributed by atoms with E-state index in [4.69, 9.17) is 0 Å². The van der Waals surface area contributed by atoms with Crippen LogP contribution in [0.4, 0.5) is 13.2 Å². The molecule has 0 saturated carbocycles. The SMILES string of the molecule is Cc1c(C(C)C)cccc1S(=O)(=O)C(F)(F)F. The summed E-state index contributed by atoms with van der Waals surface area (Å²) in [5.41, 5.74) is -4.48. The number of hydrogen-bond donors (Lipinski definition) is 0. The van der Waals surface area contributed by atoms with Gasteiger partial charge >= 0.3 is 5.51 Å². The molecular weight excluding hydrogens is 253 g/mol. The molecule has 0 spiro atoms. The summed E-state index contributed by atoms with van der Waals surface area (Å²) in [7, 11) is -5.26. The Morgan fingerprint density at radius 3 is 2.12 bits per heavy atom. The molecule has 0 unspecified atom stereocenters. The van der Waals surface area contributed by atoms with Crippen molar-refractivity contribution in [2.45, 2.75) is 37.1 Å². The second kappa shape index (κ2) is 4.33. The maximum Gasteiger partial charge on any atom is 0.501 e. The summed E-state index contributed by atoms with van der Waals surface area (Å²) in [5, 5.41) is 0. The number of alkyl halides is 3. The van der Waals surface area contributed by atoms with Crippen molar-refractivity contribution in [1.82, 2.24) is 0 Å². The zero-order valence-electron chi connectivity index (χ0n) is 9.67. The maximum atomic E-state index is 12.4. The van der Waals surface area contributed by atoms with Crippen molar-refractivity contribution < 1.29 is 21.6 Å². The molecule has 96 valence electrons. The van der Waals surface area contributed by atoms with Crippen LogP contribution in [0.3, 0.4) is 0 Å². The van der Waals surface area contributed by atoms with Crippen LogP contribution in [0.15, 0.2) is 23.1 Å². The van der Waals surface area contributed by atoms with Gasteiger partial charge in [0.2, 0.25) is 0 Å². The molecule has 0 N–H and O–H groups in total. The van der Waals surface area contributed by atoms with Crippen molar-refractivity contribution in [2.75, 3.05) is 0 Å². The van der Waals surface area contributed by atoms with Gasteiger partial charge in [-0.25, -0.2) is 8.42 Å². The van der Waals surface area contributed by atoms with Gasteiger partial charge in [-0.15, -0.1) is 0 Å². The number of benzene rings is 1. The van der Waals surface area contributed by atoms with Gasteiger partial charge in [0.15, 0.2) is 0 Å². The van der Waals surface area contributed by atoms with E-state index in [1.807, 2.05) is 0 Å². The van der Waals surface area contributed by atoms with E-state index in [1.165, 1.54) is 13.0 Å². The van der Waals surface area contributed by atoms with Gasteiger partial charge in [0.25, 0.3) is 9.84 Å². The highest BCUT2D eigenvalue weighted by Crippen LogP contribution is 2.34. The van der Waals surface area contributed by atoms with Gasteiger partial charge in [-0.05, 0) is 30.0 Å². The molecule has 1 aromatic carbocycles. The van der Waals surface area contributed by atoms with Crippen LogP contribution in [0, 0.1) is 6.92 Å². The largest absolute Gasteiger partial charge is 0.501 e. The summed E-state index contributed by atoms with van der Waals surface area (Å²) in [4.78, 5) is -0.656. The molecule has 1 rings (SSSR count). The van der Waals surface area contributed by atoms with Crippen molar-refractivity contribution in [3.63, 3.8) is 0 Å². The molecule has 0 radical (unpaired) electrons. The topological polar surface area (TPSA) is 34.1 Å². The fourth-order valence-electron chi connectivity index (χ4n) is 1.67. The molecule has 0 aromatic heterocycles. The predicted octanol–water partition coefficient (Wildman–Crippen LogP) is 3.41. The number of sulfone groups is 1. The molecular formula is C11H13F3O2S. The van der Waals surface area contributed by atoms with E-state index in [2.05, 4.69) is 0 Å². The zero-order valence-corrected chi connectivity index (χ0v) is 10.5. The molecule has 0 bridgehead atoms. The van der Waals surface area contributed by atoms with Gasteiger partial charge in [-0.1, -0.05) is 26.0 Å². The molecule has 1 aromatic rings. The lowest BCUT2D eigenvalue weighted by Gasteiger charge is -2.15. The Kier molecular flexibility index (Phi) is 3.57. The first-order chi connectivity index (χ1) is 7.59. The third kappa shape index (κ3) is 2.46.